The van der Waals surface area contributed by atoms with Crippen LogP contribution in [0, 0.1) is 11.8 Å². The Balaban J connectivity index is 2.03. The summed E-state index contributed by atoms with van der Waals surface area (Å²) >= 11 is 0. The van der Waals surface area contributed by atoms with Crippen molar-refractivity contribution in [3.05, 3.63) is 0 Å². The number of carboxylic acid groups (broad SMARTS) is 1. The van der Waals surface area contributed by atoms with Gasteiger partial charge < -0.3 is 5.11 Å². The van der Waals surface area contributed by atoms with E-state index < -0.39 is 5.97 Å². The van der Waals surface area contributed by atoms with Crippen LogP contribution in [0.5, 0.6) is 0 Å². The molecule has 2 rings (SSSR count). The molecular formula is C16H29NO2. The molecule has 2 aliphatic carbocycles. The third-order valence-electron chi connectivity index (χ3n) is 5.36. The molecule has 110 valence electrons. The van der Waals surface area contributed by atoms with Gasteiger partial charge in [0, 0.05) is 12.1 Å². The van der Waals surface area contributed by atoms with Crippen LogP contribution in [0.15, 0.2) is 0 Å². The summed E-state index contributed by atoms with van der Waals surface area (Å²) in [5, 5.41) is 9.49. The second-order valence-electron chi connectivity index (χ2n) is 6.58. The van der Waals surface area contributed by atoms with Crippen LogP contribution >= 0.6 is 0 Å². The predicted molar refractivity (Wildman–Crippen MR) is 77.2 cm³/mol. The van der Waals surface area contributed by atoms with Gasteiger partial charge in [-0.15, -0.1) is 0 Å². The number of carboxylic acids is 1. The topological polar surface area (TPSA) is 40.5 Å². The van der Waals surface area contributed by atoms with Gasteiger partial charge in [-0.2, -0.15) is 0 Å². The van der Waals surface area contributed by atoms with Crippen molar-refractivity contribution in [1.82, 2.24) is 4.90 Å². The summed E-state index contributed by atoms with van der Waals surface area (Å²) in [6, 6.07) is 0.901. The second kappa shape index (κ2) is 6.74. The fourth-order valence-electron chi connectivity index (χ4n) is 4.22. The molecule has 0 amide bonds. The van der Waals surface area contributed by atoms with E-state index in [1.807, 2.05) is 0 Å². The summed E-state index contributed by atoms with van der Waals surface area (Å²) in [5.74, 6) is 0.0259. The first-order chi connectivity index (χ1) is 9.13. The Morgan fingerprint density at radius 1 is 1.21 bits per heavy atom. The first-order valence-electron chi connectivity index (χ1n) is 8.08. The smallest absolute Gasteiger partial charge is 0.308 e. The Labute approximate surface area is 117 Å². The molecule has 0 bridgehead atoms. The molecule has 2 saturated carbocycles. The molecule has 2 aliphatic rings. The zero-order valence-electron chi connectivity index (χ0n) is 12.5. The Morgan fingerprint density at radius 3 is 2.47 bits per heavy atom. The average Bonchev–Trinajstić information content (AvgIpc) is 2.91. The quantitative estimate of drug-likeness (QED) is 0.828. The van der Waals surface area contributed by atoms with Gasteiger partial charge in [0.2, 0.25) is 0 Å². The van der Waals surface area contributed by atoms with Crippen molar-refractivity contribution >= 4 is 5.97 Å². The van der Waals surface area contributed by atoms with Gasteiger partial charge in [-0.3, -0.25) is 9.69 Å². The van der Waals surface area contributed by atoms with Crippen LogP contribution in [0.4, 0.5) is 0 Å². The van der Waals surface area contributed by atoms with E-state index in [2.05, 4.69) is 18.9 Å². The molecule has 0 saturated heterocycles. The highest BCUT2D eigenvalue weighted by Crippen LogP contribution is 2.37. The van der Waals surface area contributed by atoms with E-state index in [0.29, 0.717) is 6.04 Å². The monoisotopic (exact) mass is 267 g/mol. The largest absolute Gasteiger partial charge is 0.481 e. The van der Waals surface area contributed by atoms with Gasteiger partial charge >= 0.3 is 5.97 Å². The molecular weight excluding hydrogens is 238 g/mol. The first kappa shape index (κ1) is 14.8. The van der Waals surface area contributed by atoms with Crippen molar-refractivity contribution in [2.75, 3.05) is 7.05 Å². The highest BCUT2D eigenvalue weighted by atomic mass is 16.4. The summed E-state index contributed by atoms with van der Waals surface area (Å²) in [6.45, 7) is 2.24. The molecule has 0 aliphatic heterocycles. The van der Waals surface area contributed by atoms with Crippen LogP contribution in [-0.4, -0.2) is 35.1 Å². The standard InChI is InChI=1S/C16H29NO2/c1-3-6-12-9-10-14(16(18)19)15(11-12)17(2)13-7-4-5-8-13/h12-15H,3-11H2,1-2H3,(H,18,19). The third-order valence-corrected chi connectivity index (χ3v) is 5.36. The molecule has 19 heavy (non-hydrogen) atoms. The Hall–Kier alpha value is -0.570. The molecule has 3 atom stereocenters. The molecule has 0 radical (unpaired) electrons. The van der Waals surface area contributed by atoms with Crippen molar-refractivity contribution in [3.8, 4) is 0 Å². The van der Waals surface area contributed by atoms with Crippen LogP contribution in [0.3, 0.4) is 0 Å². The minimum Gasteiger partial charge on any atom is -0.481 e. The molecule has 0 aromatic heterocycles. The number of hydrogen-bond acceptors (Lipinski definition) is 2. The minimum absolute atomic E-state index is 0.140. The van der Waals surface area contributed by atoms with Crippen LogP contribution in [0.2, 0.25) is 0 Å². The van der Waals surface area contributed by atoms with Crippen molar-refractivity contribution in [2.45, 2.75) is 76.8 Å². The molecule has 3 unspecified atom stereocenters. The van der Waals surface area contributed by atoms with Crippen molar-refractivity contribution < 1.29 is 9.90 Å². The van der Waals surface area contributed by atoms with E-state index in [0.717, 1.165) is 25.2 Å². The number of rotatable bonds is 5. The minimum atomic E-state index is -0.579. The fourth-order valence-corrected chi connectivity index (χ4v) is 4.22. The highest BCUT2D eigenvalue weighted by Gasteiger charge is 2.39. The summed E-state index contributed by atoms with van der Waals surface area (Å²) in [7, 11) is 2.17. The van der Waals surface area contributed by atoms with Gasteiger partial charge in [-0.05, 0) is 45.1 Å². The zero-order valence-corrected chi connectivity index (χ0v) is 12.5. The molecule has 0 aromatic carbocycles. The van der Waals surface area contributed by atoms with Gasteiger partial charge in [0.1, 0.15) is 0 Å². The molecule has 3 nitrogen and oxygen atoms in total. The Kier molecular flexibility index (Phi) is 5.26. The van der Waals surface area contributed by atoms with E-state index in [4.69, 9.17) is 0 Å². The lowest BCUT2D eigenvalue weighted by atomic mass is 9.75. The molecule has 0 aromatic rings. The van der Waals surface area contributed by atoms with E-state index in [-0.39, 0.29) is 12.0 Å². The lowest BCUT2D eigenvalue weighted by Gasteiger charge is -2.42. The molecule has 1 N–H and O–H groups in total. The zero-order chi connectivity index (χ0) is 13.8. The SMILES string of the molecule is CCCC1CCC(C(=O)O)C(N(C)C2CCCC2)C1. The summed E-state index contributed by atoms with van der Waals surface area (Å²) in [5.41, 5.74) is 0. The lowest BCUT2D eigenvalue weighted by Crippen LogP contribution is -2.48. The summed E-state index contributed by atoms with van der Waals surface area (Å²) < 4.78 is 0. The molecule has 2 fully saturated rings. The normalized spacial score (nSPS) is 32.9. The Morgan fingerprint density at radius 2 is 1.89 bits per heavy atom. The number of nitrogens with zero attached hydrogens (tertiary/aromatic N) is 1. The third kappa shape index (κ3) is 3.50. The van der Waals surface area contributed by atoms with Crippen LogP contribution in [-0.2, 0) is 4.79 Å². The van der Waals surface area contributed by atoms with Crippen molar-refractivity contribution in [3.63, 3.8) is 0 Å². The molecule has 3 heteroatoms. The maximum Gasteiger partial charge on any atom is 0.308 e. The maximum atomic E-state index is 11.5. The second-order valence-corrected chi connectivity index (χ2v) is 6.58. The van der Waals surface area contributed by atoms with E-state index in [1.54, 1.807) is 0 Å². The van der Waals surface area contributed by atoms with Crippen molar-refractivity contribution in [2.24, 2.45) is 11.8 Å². The maximum absolute atomic E-state index is 11.5. The van der Waals surface area contributed by atoms with E-state index in [9.17, 15) is 9.90 Å². The summed E-state index contributed by atoms with van der Waals surface area (Å²) in [4.78, 5) is 13.9. The average molecular weight is 267 g/mol. The number of hydrogen-bond donors (Lipinski definition) is 1. The molecule has 0 heterocycles. The van der Waals surface area contributed by atoms with Gasteiger partial charge in [-0.1, -0.05) is 32.6 Å². The number of carbonyl (C=O) groups is 1. The Bertz CT molecular complexity index is 299. The lowest BCUT2D eigenvalue weighted by molar-refractivity contribution is -0.146. The fraction of sp³-hybridized carbons (Fsp3) is 0.938. The van der Waals surface area contributed by atoms with Crippen LogP contribution < -0.4 is 0 Å². The van der Waals surface area contributed by atoms with E-state index >= 15 is 0 Å². The number of aliphatic carboxylic acids is 1. The van der Waals surface area contributed by atoms with Gasteiger partial charge in [0.15, 0.2) is 0 Å². The first-order valence-corrected chi connectivity index (χ1v) is 8.08. The van der Waals surface area contributed by atoms with Gasteiger partial charge in [0.05, 0.1) is 5.92 Å². The summed E-state index contributed by atoms with van der Waals surface area (Å²) in [6.07, 6.45) is 10.7. The van der Waals surface area contributed by atoms with Crippen molar-refractivity contribution in [1.29, 1.82) is 0 Å². The van der Waals surface area contributed by atoms with E-state index in [1.165, 1.54) is 38.5 Å². The predicted octanol–water partition coefficient (Wildman–Crippen LogP) is 3.53. The van der Waals surface area contributed by atoms with Crippen LogP contribution in [0.25, 0.3) is 0 Å². The highest BCUT2D eigenvalue weighted by molar-refractivity contribution is 5.71. The van der Waals surface area contributed by atoms with Gasteiger partial charge in [0.25, 0.3) is 0 Å². The molecule has 0 spiro atoms. The van der Waals surface area contributed by atoms with Gasteiger partial charge in [-0.25, -0.2) is 0 Å². The van der Waals surface area contributed by atoms with Crippen LogP contribution in [0.1, 0.15) is 64.7 Å².